The fourth-order valence-corrected chi connectivity index (χ4v) is 6.79. The summed E-state index contributed by atoms with van der Waals surface area (Å²) in [6.45, 7) is 7.11. The van der Waals surface area contributed by atoms with E-state index in [1.165, 1.54) is 16.4 Å². The van der Waals surface area contributed by atoms with Crippen LogP contribution in [0.2, 0.25) is 0 Å². The smallest absolute Gasteiger partial charge is 0.243 e. The zero-order chi connectivity index (χ0) is 29.8. The summed E-state index contributed by atoms with van der Waals surface area (Å²) >= 11 is 0. The molecule has 0 aliphatic rings. The van der Waals surface area contributed by atoms with Gasteiger partial charge in [0, 0.05) is 24.8 Å². The highest BCUT2D eigenvalue weighted by Crippen LogP contribution is 2.23. The number of aliphatic hydroxyl groups excluding tert-OH is 1. The molecule has 1 amide bonds. The molecule has 0 heterocycles. The number of aliphatic hydroxyl groups is 1. The first-order valence-electron chi connectivity index (χ1n) is 14.6. The minimum Gasteiger partial charge on any atom is -0.399 e. The summed E-state index contributed by atoms with van der Waals surface area (Å²) in [5.74, 6) is -0.0144. The molecule has 9 heteroatoms. The average molecular weight is 583 g/mol. The third kappa shape index (κ3) is 9.26. The Balaban J connectivity index is 1.65. The van der Waals surface area contributed by atoms with Crippen LogP contribution in [0.1, 0.15) is 52.0 Å². The lowest BCUT2D eigenvalue weighted by Gasteiger charge is -2.31. The van der Waals surface area contributed by atoms with Gasteiger partial charge in [-0.25, -0.2) is 8.42 Å². The number of carbonyl (C=O) groups is 1. The molecule has 0 saturated carbocycles. The lowest BCUT2D eigenvalue weighted by Crippen LogP contribution is -2.47. The molecule has 0 aliphatic carbocycles. The molecular formula is C32H46N4O4S. The van der Waals surface area contributed by atoms with E-state index in [0.29, 0.717) is 31.5 Å². The van der Waals surface area contributed by atoms with E-state index in [1.54, 1.807) is 12.1 Å². The van der Waals surface area contributed by atoms with E-state index in [9.17, 15) is 18.3 Å². The first-order chi connectivity index (χ1) is 19.7. The highest BCUT2D eigenvalue weighted by molar-refractivity contribution is 7.89. The van der Waals surface area contributed by atoms with Crippen LogP contribution in [-0.2, 0) is 21.2 Å². The third-order valence-electron chi connectivity index (χ3n) is 7.20. The molecular weight excluding hydrogens is 536 g/mol. The maximum Gasteiger partial charge on any atom is 0.243 e. The number of nitrogen functional groups attached to an aromatic ring is 1. The maximum atomic E-state index is 13.5. The molecule has 0 spiro atoms. The molecule has 3 aromatic rings. The Morgan fingerprint density at radius 2 is 1.68 bits per heavy atom. The molecule has 0 bridgehead atoms. The number of hydrogen-bond donors (Lipinski definition) is 4. The van der Waals surface area contributed by atoms with Gasteiger partial charge >= 0.3 is 0 Å². The van der Waals surface area contributed by atoms with E-state index in [2.05, 4.69) is 41.8 Å². The minimum atomic E-state index is -3.84. The van der Waals surface area contributed by atoms with Crippen LogP contribution in [0, 0.1) is 5.92 Å². The van der Waals surface area contributed by atoms with Gasteiger partial charge in [-0.15, -0.1) is 0 Å². The summed E-state index contributed by atoms with van der Waals surface area (Å²) in [6.07, 6.45) is 3.52. The molecule has 0 aliphatic heterocycles. The van der Waals surface area contributed by atoms with E-state index < -0.39 is 16.1 Å². The maximum absolute atomic E-state index is 13.5. The van der Waals surface area contributed by atoms with Crippen molar-refractivity contribution >= 4 is 32.4 Å². The zero-order valence-electron chi connectivity index (χ0n) is 24.6. The van der Waals surface area contributed by atoms with Gasteiger partial charge in [-0.2, -0.15) is 4.31 Å². The topological polar surface area (TPSA) is 125 Å². The number of nitrogens with one attached hydrogen (secondary N) is 2. The highest BCUT2D eigenvalue weighted by Gasteiger charge is 2.31. The average Bonchev–Trinajstić information content (AvgIpc) is 2.96. The van der Waals surface area contributed by atoms with Crippen LogP contribution in [0.15, 0.2) is 71.6 Å². The normalized spacial score (nSPS) is 13.5. The number of sulfonamides is 1. The number of nitrogens with two attached hydrogens (primary N) is 1. The lowest BCUT2D eigenvalue weighted by molar-refractivity contribution is -0.123. The van der Waals surface area contributed by atoms with Crippen LogP contribution in [0.4, 0.5) is 5.69 Å². The van der Waals surface area contributed by atoms with Gasteiger partial charge in [0.2, 0.25) is 15.9 Å². The number of unbranched alkanes of at least 4 members (excludes halogenated alkanes) is 1. The Hall–Kier alpha value is -2.98. The van der Waals surface area contributed by atoms with Gasteiger partial charge in [0.25, 0.3) is 0 Å². The van der Waals surface area contributed by atoms with E-state index in [1.807, 2.05) is 32.0 Å². The lowest BCUT2D eigenvalue weighted by atomic mass is 9.98. The Morgan fingerprint density at radius 1 is 0.976 bits per heavy atom. The summed E-state index contributed by atoms with van der Waals surface area (Å²) in [5, 5.41) is 19.0. The molecule has 0 fully saturated rings. The first-order valence-corrected chi connectivity index (χ1v) is 16.1. The van der Waals surface area contributed by atoms with Crippen molar-refractivity contribution in [2.24, 2.45) is 5.92 Å². The predicted molar refractivity (Wildman–Crippen MR) is 167 cm³/mol. The van der Waals surface area contributed by atoms with Gasteiger partial charge in [0.1, 0.15) is 0 Å². The quantitative estimate of drug-likeness (QED) is 0.139. The van der Waals surface area contributed by atoms with Gasteiger partial charge in [0.05, 0.1) is 17.5 Å². The molecule has 2 atom stereocenters. The molecule has 3 rings (SSSR count). The molecule has 224 valence electrons. The van der Waals surface area contributed by atoms with Crippen molar-refractivity contribution < 1.29 is 18.3 Å². The molecule has 1 unspecified atom stereocenters. The number of nitrogens with zero attached hydrogens (tertiary/aromatic N) is 1. The fourth-order valence-electron chi connectivity index (χ4n) is 4.98. The summed E-state index contributed by atoms with van der Waals surface area (Å²) in [5.41, 5.74) is 7.35. The Morgan fingerprint density at radius 3 is 2.37 bits per heavy atom. The minimum absolute atomic E-state index is 0.0660. The second-order valence-corrected chi connectivity index (χ2v) is 12.9. The Kier molecular flexibility index (Phi) is 12.6. The number of amides is 1. The van der Waals surface area contributed by atoms with Crippen LogP contribution in [0.3, 0.4) is 0 Å². The second kappa shape index (κ2) is 15.9. The zero-order valence-corrected chi connectivity index (χ0v) is 25.4. The van der Waals surface area contributed by atoms with Gasteiger partial charge in [0.15, 0.2) is 0 Å². The first kappa shape index (κ1) is 32.5. The van der Waals surface area contributed by atoms with Crippen molar-refractivity contribution in [3.05, 3.63) is 72.3 Å². The van der Waals surface area contributed by atoms with Crippen LogP contribution in [0.25, 0.3) is 10.8 Å². The number of benzene rings is 3. The largest absolute Gasteiger partial charge is 0.399 e. The Bertz CT molecular complexity index is 1340. The van der Waals surface area contributed by atoms with E-state index in [4.69, 9.17) is 5.73 Å². The van der Waals surface area contributed by atoms with Gasteiger partial charge < -0.3 is 21.5 Å². The van der Waals surface area contributed by atoms with E-state index in [0.717, 1.165) is 35.7 Å². The summed E-state index contributed by atoms with van der Waals surface area (Å²) in [4.78, 5) is 13.5. The molecule has 0 radical (unpaired) electrons. The SMILES string of the molecule is CCCCN[C@@H](Cc1cccc2ccccc12)C(=O)NCCCC(CO)N(CC(C)C)S(=O)(=O)c1ccc(N)cc1. The standard InChI is InChI=1S/C32H46N4O4S/c1-4-5-19-34-31(21-26-12-8-11-25-10-6-7-14-30(25)26)32(38)35-20-9-13-28(23-37)36(22-24(2)3)41(39,40)29-17-15-27(33)16-18-29/h6-8,10-12,14-18,24,28,31,34,37H,4-5,9,13,19-23,33H2,1-3H3,(H,35,38)/t28?,31-/m0/s1. The van der Waals surface area contributed by atoms with Gasteiger partial charge in [-0.1, -0.05) is 69.7 Å². The van der Waals surface area contributed by atoms with Gasteiger partial charge in [-0.05, 0) is 78.7 Å². The van der Waals surface area contributed by atoms with Crippen LogP contribution in [0.5, 0.6) is 0 Å². The monoisotopic (exact) mass is 582 g/mol. The predicted octanol–water partition coefficient (Wildman–Crippen LogP) is 4.33. The van der Waals surface area contributed by atoms with Gasteiger partial charge in [-0.3, -0.25) is 4.79 Å². The van der Waals surface area contributed by atoms with E-state index >= 15 is 0 Å². The number of fused-ring (bicyclic) bond motifs is 1. The molecule has 0 aromatic heterocycles. The van der Waals surface area contributed by atoms with Crippen molar-refractivity contribution in [1.29, 1.82) is 0 Å². The van der Waals surface area contributed by atoms with Crippen molar-refractivity contribution in [1.82, 2.24) is 14.9 Å². The number of carbonyl (C=O) groups excluding carboxylic acids is 1. The third-order valence-corrected chi connectivity index (χ3v) is 9.14. The molecule has 3 aromatic carbocycles. The number of rotatable bonds is 17. The van der Waals surface area contributed by atoms with Crippen LogP contribution >= 0.6 is 0 Å². The summed E-state index contributed by atoms with van der Waals surface area (Å²) in [7, 11) is -3.84. The molecule has 41 heavy (non-hydrogen) atoms. The molecule has 5 N–H and O–H groups in total. The van der Waals surface area contributed by atoms with Crippen LogP contribution < -0.4 is 16.4 Å². The fraction of sp³-hybridized carbons (Fsp3) is 0.469. The molecule has 0 saturated heterocycles. The summed E-state index contributed by atoms with van der Waals surface area (Å²) < 4.78 is 28.4. The second-order valence-electron chi connectivity index (χ2n) is 11.0. The van der Waals surface area contributed by atoms with Crippen molar-refractivity contribution in [3.63, 3.8) is 0 Å². The highest BCUT2D eigenvalue weighted by atomic mass is 32.2. The Labute approximate surface area is 245 Å². The van der Waals surface area contributed by atoms with E-state index in [-0.39, 0.29) is 35.9 Å². The van der Waals surface area contributed by atoms with Crippen LogP contribution in [-0.4, -0.2) is 62.1 Å². The number of hydrogen-bond acceptors (Lipinski definition) is 6. The van der Waals surface area contributed by atoms with Crippen molar-refractivity contribution in [3.8, 4) is 0 Å². The molecule has 8 nitrogen and oxygen atoms in total. The summed E-state index contributed by atoms with van der Waals surface area (Å²) in [6, 6.07) is 19.5. The number of anilines is 1. The van der Waals surface area contributed by atoms with Crippen molar-refractivity contribution in [2.75, 3.05) is 32.0 Å². The van der Waals surface area contributed by atoms with Crippen molar-refractivity contribution in [2.45, 2.75) is 69.9 Å².